The highest BCUT2D eigenvalue weighted by molar-refractivity contribution is 5.81. The fraction of sp³-hybridized carbons (Fsp3) is 0.938. The molecule has 0 aromatic heterocycles. The van der Waals surface area contributed by atoms with Crippen molar-refractivity contribution < 1.29 is 9.53 Å². The number of carbonyl (C=O) groups is 1. The second kappa shape index (κ2) is 8.71. The lowest BCUT2D eigenvalue weighted by Crippen LogP contribution is -2.49. The third kappa shape index (κ3) is 5.24. The van der Waals surface area contributed by atoms with Gasteiger partial charge in [-0.05, 0) is 38.6 Å². The lowest BCUT2D eigenvalue weighted by atomic mass is 9.92. The predicted molar refractivity (Wildman–Crippen MR) is 84.0 cm³/mol. The van der Waals surface area contributed by atoms with Gasteiger partial charge < -0.3 is 20.7 Å². The summed E-state index contributed by atoms with van der Waals surface area (Å²) in [7, 11) is 2.17. The summed E-state index contributed by atoms with van der Waals surface area (Å²) in [6, 6.07) is 0.314. The molecule has 1 saturated carbocycles. The van der Waals surface area contributed by atoms with E-state index in [1.54, 1.807) is 0 Å². The molecule has 1 aliphatic heterocycles. The average molecular weight is 297 g/mol. The average Bonchev–Trinajstić information content (AvgIpc) is 2.55. The maximum absolute atomic E-state index is 12.1. The number of amides is 1. The predicted octanol–water partition coefficient (Wildman–Crippen LogP) is 1.12. The Balaban J connectivity index is 1.63. The molecule has 0 aromatic carbocycles. The van der Waals surface area contributed by atoms with Gasteiger partial charge in [-0.3, -0.25) is 4.79 Å². The normalized spacial score (nSPS) is 23.2. The van der Waals surface area contributed by atoms with E-state index in [9.17, 15) is 4.79 Å². The van der Waals surface area contributed by atoms with Crippen LogP contribution in [0.3, 0.4) is 0 Å². The third-order valence-electron chi connectivity index (χ3n) is 5.04. The molecule has 1 amide bonds. The summed E-state index contributed by atoms with van der Waals surface area (Å²) in [5.74, 6) is 0.272. The Hall–Kier alpha value is -0.650. The van der Waals surface area contributed by atoms with Crippen molar-refractivity contribution in [2.24, 2.45) is 11.7 Å². The second-order valence-electron chi connectivity index (χ2n) is 6.54. The van der Waals surface area contributed by atoms with Crippen LogP contribution in [0, 0.1) is 5.92 Å². The van der Waals surface area contributed by atoms with Gasteiger partial charge in [-0.25, -0.2) is 0 Å². The minimum absolute atomic E-state index is 0.000978. The van der Waals surface area contributed by atoms with Crippen LogP contribution in [-0.2, 0) is 9.53 Å². The Bertz CT molecular complexity index is 313. The van der Waals surface area contributed by atoms with Gasteiger partial charge in [0.15, 0.2) is 0 Å². The van der Waals surface area contributed by atoms with Crippen LogP contribution in [0.5, 0.6) is 0 Å². The quantitative estimate of drug-likeness (QED) is 0.771. The summed E-state index contributed by atoms with van der Waals surface area (Å²) >= 11 is 0. The van der Waals surface area contributed by atoms with Crippen molar-refractivity contribution in [2.75, 3.05) is 33.4 Å². The number of likely N-dealkylation sites (N-methyl/N-ethyl adjacent to an activating group) is 1. The van der Waals surface area contributed by atoms with Crippen LogP contribution in [-0.4, -0.2) is 56.2 Å². The Kier molecular flexibility index (Phi) is 6.93. The van der Waals surface area contributed by atoms with E-state index < -0.39 is 0 Å². The molecule has 1 saturated heterocycles. The maximum atomic E-state index is 12.1. The van der Waals surface area contributed by atoms with Crippen LogP contribution in [0.15, 0.2) is 0 Å². The molecular weight excluding hydrogens is 266 g/mol. The van der Waals surface area contributed by atoms with E-state index in [-0.39, 0.29) is 17.9 Å². The molecule has 0 radical (unpaired) electrons. The molecule has 1 atom stereocenters. The number of nitrogens with two attached hydrogens (primary N) is 1. The smallest absolute Gasteiger partial charge is 0.237 e. The highest BCUT2D eigenvalue weighted by Crippen LogP contribution is 2.21. The van der Waals surface area contributed by atoms with Gasteiger partial charge in [0.25, 0.3) is 0 Å². The Labute approximate surface area is 128 Å². The Morgan fingerprint density at radius 2 is 1.90 bits per heavy atom. The fourth-order valence-electron chi connectivity index (χ4n) is 3.47. The molecule has 2 fully saturated rings. The van der Waals surface area contributed by atoms with E-state index in [1.807, 2.05) is 0 Å². The first kappa shape index (κ1) is 16.7. The van der Waals surface area contributed by atoms with E-state index in [0.29, 0.717) is 12.6 Å². The topological polar surface area (TPSA) is 67.6 Å². The van der Waals surface area contributed by atoms with Crippen LogP contribution in [0.4, 0.5) is 0 Å². The van der Waals surface area contributed by atoms with Crippen molar-refractivity contribution >= 4 is 5.91 Å². The van der Waals surface area contributed by atoms with Gasteiger partial charge in [-0.1, -0.05) is 19.3 Å². The van der Waals surface area contributed by atoms with Crippen molar-refractivity contribution in [3.63, 3.8) is 0 Å². The zero-order valence-electron chi connectivity index (χ0n) is 13.4. The van der Waals surface area contributed by atoms with E-state index in [0.717, 1.165) is 32.6 Å². The largest absolute Gasteiger partial charge is 0.381 e. The first-order valence-corrected chi connectivity index (χ1v) is 8.50. The molecule has 1 unspecified atom stereocenters. The molecule has 1 aliphatic carbocycles. The minimum atomic E-state index is -0.381. The molecular formula is C16H31N3O2. The molecule has 5 heteroatoms. The highest BCUT2D eigenvalue weighted by Gasteiger charge is 2.26. The fourth-order valence-corrected chi connectivity index (χ4v) is 3.47. The van der Waals surface area contributed by atoms with Crippen LogP contribution in [0.2, 0.25) is 0 Å². The summed E-state index contributed by atoms with van der Waals surface area (Å²) in [5, 5.41) is 3.00. The summed E-state index contributed by atoms with van der Waals surface area (Å²) in [4.78, 5) is 14.5. The zero-order valence-corrected chi connectivity index (χ0v) is 13.4. The Morgan fingerprint density at radius 3 is 2.57 bits per heavy atom. The molecule has 5 nitrogen and oxygen atoms in total. The molecule has 0 aromatic rings. The number of nitrogens with zero attached hydrogens (tertiary/aromatic N) is 1. The van der Waals surface area contributed by atoms with E-state index in [1.165, 1.54) is 32.1 Å². The SMILES string of the molecule is CN(CCNC(=O)C(N)C1CCOCC1)C1CCCCC1. The van der Waals surface area contributed by atoms with Crippen molar-refractivity contribution in [1.29, 1.82) is 0 Å². The summed E-state index contributed by atoms with van der Waals surface area (Å²) in [5.41, 5.74) is 6.07. The maximum Gasteiger partial charge on any atom is 0.237 e. The molecule has 2 rings (SSSR count). The van der Waals surface area contributed by atoms with Gasteiger partial charge in [0.05, 0.1) is 6.04 Å². The number of rotatable bonds is 6. The minimum Gasteiger partial charge on any atom is -0.381 e. The van der Waals surface area contributed by atoms with E-state index >= 15 is 0 Å². The molecule has 1 heterocycles. The first-order valence-electron chi connectivity index (χ1n) is 8.50. The molecule has 0 spiro atoms. The van der Waals surface area contributed by atoms with Crippen LogP contribution in [0.1, 0.15) is 44.9 Å². The van der Waals surface area contributed by atoms with Crippen molar-refractivity contribution in [1.82, 2.24) is 10.2 Å². The monoisotopic (exact) mass is 297 g/mol. The lowest BCUT2D eigenvalue weighted by Gasteiger charge is -2.31. The number of carbonyl (C=O) groups excluding carboxylic acids is 1. The first-order chi connectivity index (χ1) is 10.2. The van der Waals surface area contributed by atoms with E-state index in [4.69, 9.17) is 10.5 Å². The number of ether oxygens (including phenoxy) is 1. The lowest BCUT2D eigenvalue weighted by molar-refractivity contribution is -0.124. The zero-order chi connectivity index (χ0) is 15.1. The van der Waals surface area contributed by atoms with Crippen LogP contribution >= 0.6 is 0 Å². The van der Waals surface area contributed by atoms with Gasteiger partial charge in [0.2, 0.25) is 5.91 Å². The van der Waals surface area contributed by atoms with Gasteiger partial charge in [0.1, 0.15) is 0 Å². The van der Waals surface area contributed by atoms with Crippen molar-refractivity contribution in [3.8, 4) is 0 Å². The summed E-state index contributed by atoms with van der Waals surface area (Å²) in [6.07, 6.45) is 8.46. The van der Waals surface area contributed by atoms with Crippen molar-refractivity contribution in [3.05, 3.63) is 0 Å². The molecule has 21 heavy (non-hydrogen) atoms. The van der Waals surface area contributed by atoms with Gasteiger partial charge in [-0.15, -0.1) is 0 Å². The van der Waals surface area contributed by atoms with Gasteiger partial charge in [-0.2, -0.15) is 0 Å². The number of hydrogen-bond donors (Lipinski definition) is 2. The third-order valence-corrected chi connectivity index (χ3v) is 5.04. The molecule has 2 aliphatic rings. The van der Waals surface area contributed by atoms with E-state index in [2.05, 4.69) is 17.3 Å². The standard InChI is InChI=1S/C16H31N3O2/c1-19(14-5-3-2-4-6-14)10-9-18-16(20)15(17)13-7-11-21-12-8-13/h13-15H,2-12,17H2,1H3,(H,18,20). The summed E-state index contributed by atoms with van der Waals surface area (Å²) in [6.45, 7) is 3.08. The number of hydrogen-bond acceptors (Lipinski definition) is 4. The second-order valence-corrected chi connectivity index (χ2v) is 6.54. The molecule has 3 N–H and O–H groups in total. The molecule has 122 valence electrons. The van der Waals surface area contributed by atoms with Gasteiger partial charge in [0, 0.05) is 32.3 Å². The van der Waals surface area contributed by atoms with Crippen LogP contribution < -0.4 is 11.1 Å². The molecule has 0 bridgehead atoms. The van der Waals surface area contributed by atoms with Gasteiger partial charge >= 0.3 is 0 Å². The summed E-state index contributed by atoms with van der Waals surface area (Å²) < 4.78 is 5.32. The highest BCUT2D eigenvalue weighted by atomic mass is 16.5. The van der Waals surface area contributed by atoms with Crippen LogP contribution in [0.25, 0.3) is 0 Å². The Morgan fingerprint density at radius 1 is 1.24 bits per heavy atom. The number of nitrogens with one attached hydrogen (secondary N) is 1. The van der Waals surface area contributed by atoms with Crippen molar-refractivity contribution in [2.45, 2.75) is 57.0 Å².